The molecule has 0 atom stereocenters. The van der Waals surface area contributed by atoms with E-state index < -0.39 is 23.3 Å². The molecular weight excluding hydrogens is 424 g/mol. The van der Waals surface area contributed by atoms with Crippen LogP contribution in [0.2, 0.25) is 0 Å². The van der Waals surface area contributed by atoms with Crippen molar-refractivity contribution in [1.82, 2.24) is 0 Å². The Bertz CT molecular complexity index is 941. The van der Waals surface area contributed by atoms with Gasteiger partial charge in [-0.05, 0) is 111 Å². The van der Waals surface area contributed by atoms with E-state index in [4.69, 9.17) is 0 Å². The minimum Gasteiger partial charge on any atom is -0.206 e. The zero-order valence-corrected chi connectivity index (χ0v) is 19.4. The Morgan fingerprint density at radius 2 is 1.36 bits per heavy atom. The van der Waals surface area contributed by atoms with Crippen molar-refractivity contribution in [3.05, 3.63) is 71.3 Å². The molecule has 0 saturated heterocycles. The summed E-state index contributed by atoms with van der Waals surface area (Å²) in [5.74, 6) is -1.83. The molecule has 2 fully saturated rings. The van der Waals surface area contributed by atoms with E-state index in [1.165, 1.54) is 57.4 Å². The van der Waals surface area contributed by atoms with E-state index in [9.17, 15) is 17.6 Å². The van der Waals surface area contributed by atoms with Gasteiger partial charge in [0.25, 0.3) is 0 Å². The maximum atomic E-state index is 14.8. The van der Waals surface area contributed by atoms with Crippen LogP contribution in [-0.2, 0) is 0 Å². The molecule has 178 valence electrons. The average Bonchev–Trinajstić information content (AvgIpc) is 2.83. The van der Waals surface area contributed by atoms with Crippen molar-refractivity contribution in [2.24, 2.45) is 17.8 Å². The van der Waals surface area contributed by atoms with Crippen LogP contribution in [0.25, 0.3) is 11.1 Å². The van der Waals surface area contributed by atoms with Crippen LogP contribution in [0.4, 0.5) is 17.6 Å². The summed E-state index contributed by atoms with van der Waals surface area (Å²) in [5.41, 5.74) is 1.06. The molecule has 2 aliphatic rings. The van der Waals surface area contributed by atoms with Crippen LogP contribution in [0.1, 0.15) is 82.6 Å². The molecule has 0 heterocycles. The molecule has 2 saturated carbocycles. The van der Waals surface area contributed by atoms with Gasteiger partial charge in [-0.25, -0.2) is 17.6 Å². The summed E-state index contributed by atoms with van der Waals surface area (Å²) in [5, 5.41) is 0. The normalized spacial score (nSPS) is 26.1. The van der Waals surface area contributed by atoms with Crippen molar-refractivity contribution >= 4 is 0 Å². The number of benzene rings is 2. The molecule has 0 amide bonds. The summed E-state index contributed by atoms with van der Waals surface area (Å²) >= 11 is 0. The van der Waals surface area contributed by atoms with Crippen LogP contribution in [0.5, 0.6) is 0 Å². The molecule has 33 heavy (non-hydrogen) atoms. The SMILES string of the molecule is CC=CCCC1CCC(C2CCC(c3ccc(-c4cc(F)c(F)c(F)c4)c(F)c3)CC2)CC1. The lowest BCUT2D eigenvalue weighted by Crippen LogP contribution is -2.25. The lowest BCUT2D eigenvalue weighted by Gasteiger charge is -2.38. The Kier molecular flexibility index (Phi) is 7.93. The minimum absolute atomic E-state index is 0.0143. The van der Waals surface area contributed by atoms with E-state index in [0.29, 0.717) is 5.92 Å². The van der Waals surface area contributed by atoms with Gasteiger partial charge in [0.1, 0.15) is 5.82 Å². The standard InChI is InChI=1S/C29H34F4/c1-2-3-4-5-19-6-8-20(9-7-19)21-10-12-22(13-11-21)23-14-15-25(26(30)16-23)24-17-27(31)29(33)28(32)18-24/h2-3,14-22H,4-13H2,1H3. The molecule has 0 nitrogen and oxygen atoms in total. The summed E-state index contributed by atoms with van der Waals surface area (Å²) < 4.78 is 55.2. The van der Waals surface area contributed by atoms with Crippen molar-refractivity contribution < 1.29 is 17.6 Å². The van der Waals surface area contributed by atoms with Crippen molar-refractivity contribution in [2.75, 3.05) is 0 Å². The van der Waals surface area contributed by atoms with E-state index in [2.05, 4.69) is 19.1 Å². The van der Waals surface area contributed by atoms with Crippen LogP contribution in [0, 0.1) is 41.0 Å². The van der Waals surface area contributed by atoms with Gasteiger partial charge in [0.2, 0.25) is 0 Å². The van der Waals surface area contributed by atoms with E-state index >= 15 is 0 Å². The molecule has 0 radical (unpaired) electrons. The first kappa shape index (κ1) is 24.0. The lowest BCUT2D eigenvalue weighted by molar-refractivity contribution is 0.157. The highest BCUT2D eigenvalue weighted by atomic mass is 19.2. The molecule has 2 aromatic rings. The second-order valence-electron chi connectivity index (χ2n) is 10.0. The topological polar surface area (TPSA) is 0 Å². The van der Waals surface area contributed by atoms with Gasteiger partial charge < -0.3 is 0 Å². The van der Waals surface area contributed by atoms with Crippen molar-refractivity contribution in [1.29, 1.82) is 0 Å². The molecule has 2 aliphatic carbocycles. The van der Waals surface area contributed by atoms with Crippen LogP contribution in [-0.4, -0.2) is 0 Å². The largest absolute Gasteiger partial charge is 0.206 e. The van der Waals surface area contributed by atoms with Gasteiger partial charge in [0.05, 0.1) is 0 Å². The maximum Gasteiger partial charge on any atom is 0.194 e. The number of hydrogen-bond donors (Lipinski definition) is 0. The van der Waals surface area contributed by atoms with Crippen molar-refractivity contribution in [3.63, 3.8) is 0 Å². The lowest BCUT2D eigenvalue weighted by atomic mass is 9.68. The van der Waals surface area contributed by atoms with Gasteiger partial charge in [-0.15, -0.1) is 0 Å². The van der Waals surface area contributed by atoms with Gasteiger partial charge in [-0.1, -0.05) is 37.1 Å². The molecule has 0 aromatic heterocycles. The summed E-state index contributed by atoms with van der Waals surface area (Å²) in [6, 6.07) is 6.61. The van der Waals surface area contributed by atoms with Crippen molar-refractivity contribution in [3.8, 4) is 11.1 Å². The highest BCUT2D eigenvalue weighted by molar-refractivity contribution is 5.65. The molecule has 4 heteroatoms. The summed E-state index contributed by atoms with van der Waals surface area (Å²) in [6.07, 6.45) is 16.9. The van der Waals surface area contributed by atoms with E-state index in [-0.39, 0.29) is 11.1 Å². The number of halogens is 4. The third-order valence-corrected chi connectivity index (χ3v) is 8.07. The number of rotatable bonds is 6. The van der Waals surface area contributed by atoms with Crippen LogP contribution in [0.3, 0.4) is 0 Å². The zero-order valence-electron chi connectivity index (χ0n) is 19.4. The molecule has 0 spiro atoms. The second kappa shape index (κ2) is 10.9. The molecule has 2 aromatic carbocycles. The monoisotopic (exact) mass is 458 g/mol. The third kappa shape index (κ3) is 5.70. The second-order valence-corrected chi connectivity index (χ2v) is 10.0. The fourth-order valence-corrected chi connectivity index (χ4v) is 6.10. The predicted octanol–water partition coefficient (Wildman–Crippen LogP) is 9.35. The Balaban J connectivity index is 1.33. The van der Waals surface area contributed by atoms with E-state index in [0.717, 1.165) is 48.3 Å². The van der Waals surface area contributed by atoms with Crippen LogP contribution in [0.15, 0.2) is 42.5 Å². The first-order valence-electron chi connectivity index (χ1n) is 12.5. The van der Waals surface area contributed by atoms with Crippen LogP contribution >= 0.6 is 0 Å². The highest BCUT2D eigenvalue weighted by Crippen LogP contribution is 2.45. The van der Waals surface area contributed by atoms with Gasteiger partial charge in [-0.3, -0.25) is 0 Å². The fraction of sp³-hybridized carbons (Fsp3) is 0.517. The number of allylic oxidation sites excluding steroid dienone is 2. The van der Waals surface area contributed by atoms with Crippen molar-refractivity contribution in [2.45, 2.75) is 77.0 Å². The van der Waals surface area contributed by atoms with E-state index in [1.54, 1.807) is 6.07 Å². The summed E-state index contributed by atoms with van der Waals surface area (Å²) in [6.45, 7) is 2.09. The van der Waals surface area contributed by atoms with Crippen LogP contribution < -0.4 is 0 Å². The quantitative estimate of drug-likeness (QED) is 0.230. The Hall–Kier alpha value is -2.10. The number of hydrogen-bond acceptors (Lipinski definition) is 0. The van der Waals surface area contributed by atoms with Gasteiger partial charge in [-0.2, -0.15) is 0 Å². The molecule has 0 N–H and O–H groups in total. The smallest absolute Gasteiger partial charge is 0.194 e. The summed E-state index contributed by atoms with van der Waals surface area (Å²) in [4.78, 5) is 0. The van der Waals surface area contributed by atoms with Gasteiger partial charge >= 0.3 is 0 Å². The molecule has 4 rings (SSSR count). The van der Waals surface area contributed by atoms with Gasteiger partial charge in [0.15, 0.2) is 17.5 Å². The van der Waals surface area contributed by atoms with E-state index in [1.807, 2.05) is 6.07 Å². The molecule has 0 bridgehead atoms. The predicted molar refractivity (Wildman–Crippen MR) is 126 cm³/mol. The minimum atomic E-state index is -1.53. The fourth-order valence-electron chi connectivity index (χ4n) is 6.10. The Morgan fingerprint density at radius 1 is 0.758 bits per heavy atom. The Morgan fingerprint density at radius 3 is 1.94 bits per heavy atom. The average molecular weight is 459 g/mol. The van der Waals surface area contributed by atoms with Gasteiger partial charge in [0, 0.05) is 5.56 Å². The Labute approximate surface area is 195 Å². The first-order chi connectivity index (χ1) is 16.0. The molecule has 0 unspecified atom stereocenters. The summed E-state index contributed by atoms with van der Waals surface area (Å²) in [7, 11) is 0. The third-order valence-electron chi connectivity index (χ3n) is 8.07. The maximum absolute atomic E-state index is 14.8. The zero-order chi connectivity index (χ0) is 23.4. The first-order valence-corrected chi connectivity index (χ1v) is 12.5. The molecule has 0 aliphatic heterocycles. The highest BCUT2D eigenvalue weighted by Gasteiger charge is 2.31. The molecular formula is C29H34F4.